The fourth-order valence-corrected chi connectivity index (χ4v) is 3.78. The van der Waals surface area contributed by atoms with Crippen molar-refractivity contribution in [2.75, 3.05) is 6.61 Å². The van der Waals surface area contributed by atoms with Gasteiger partial charge in [-0.05, 0) is 25.7 Å². The molecule has 2 unspecified atom stereocenters. The van der Waals surface area contributed by atoms with Crippen LogP contribution in [0.1, 0.15) is 32.6 Å². The topological polar surface area (TPSA) is 84.2 Å². The second-order valence-corrected chi connectivity index (χ2v) is 6.66. The van der Waals surface area contributed by atoms with Crippen molar-refractivity contribution in [2.24, 2.45) is 5.92 Å². The number of sulfonamides is 1. The van der Waals surface area contributed by atoms with E-state index in [0.717, 1.165) is 25.7 Å². The normalized spacial score (nSPS) is 24.5. The van der Waals surface area contributed by atoms with Crippen molar-refractivity contribution in [1.82, 2.24) is 14.3 Å². The van der Waals surface area contributed by atoms with Crippen LogP contribution in [0.2, 0.25) is 0 Å². The molecule has 1 aliphatic carbocycles. The second kappa shape index (κ2) is 6.02. The molecular weight excluding hydrogens is 266 g/mol. The largest absolute Gasteiger partial charge is 0.396 e. The Bertz CT molecular complexity index is 512. The van der Waals surface area contributed by atoms with E-state index in [1.54, 1.807) is 4.57 Å². The molecule has 108 valence electrons. The van der Waals surface area contributed by atoms with Crippen LogP contribution in [0.5, 0.6) is 0 Å². The Morgan fingerprint density at radius 1 is 1.47 bits per heavy atom. The number of nitrogens with zero attached hydrogens (tertiary/aromatic N) is 2. The number of aryl methyl sites for hydroxylation is 1. The summed E-state index contributed by atoms with van der Waals surface area (Å²) in [5, 5.41) is 9.37. The average Bonchev–Trinajstić information content (AvgIpc) is 2.88. The fraction of sp³-hybridized carbons (Fsp3) is 0.750. The molecule has 7 heteroatoms. The minimum Gasteiger partial charge on any atom is -0.396 e. The van der Waals surface area contributed by atoms with Crippen LogP contribution in [0.3, 0.4) is 0 Å². The first-order valence-corrected chi connectivity index (χ1v) is 8.20. The molecule has 6 nitrogen and oxygen atoms in total. The van der Waals surface area contributed by atoms with Gasteiger partial charge in [-0.25, -0.2) is 18.1 Å². The van der Waals surface area contributed by atoms with Crippen LogP contribution in [0.15, 0.2) is 17.6 Å². The highest BCUT2D eigenvalue weighted by Gasteiger charge is 2.29. The van der Waals surface area contributed by atoms with Crippen molar-refractivity contribution in [3.63, 3.8) is 0 Å². The minimum atomic E-state index is -3.59. The smallest absolute Gasteiger partial charge is 0.259 e. The van der Waals surface area contributed by atoms with Gasteiger partial charge in [0.2, 0.25) is 0 Å². The maximum Gasteiger partial charge on any atom is 0.259 e. The van der Waals surface area contributed by atoms with Gasteiger partial charge in [0.05, 0.1) is 6.33 Å². The third kappa shape index (κ3) is 3.34. The van der Waals surface area contributed by atoms with Gasteiger partial charge in [-0.3, -0.25) is 0 Å². The zero-order chi connectivity index (χ0) is 13.9. The Hall–Kier alpha value is -0.920. The Morgan fingerprint density at radius 3 is 2.84 bits per heavy atom. The van der Waals surface area contributed by atoms with Gasteiger partial charge in [-0.15, -0.1) is 0 Å². The molecule has 0 aromatic carbocycles. The number of hydrogen-bond donors (Lipinski definition) is 2. The third-order valence-corrected chi connectivity index (χ3v) is 5.07. The Balaban J connectivity index is 2.11. The first-order chi connectivity index (χ1) is 9.06. The molecule has 1 fully saturated rings. The summed E-state index contributed by atoms with van der Waals surface area (Å²) in [5.41, 5.74) is 0. The molecule has 1 aromatic rings. The second-order valence-electron chi connectivity index (χ2n) is 5.00. The number of aromatic nitrogens is 2. The molecule has 0 spiro atoms. The lowest BCUT2D eigenvalue weighted by Crippen LogP contribution is -2.43. The highest BCUT2D eigenvalue weighted by Crippen LogP contribution is 2.25. The highest BCUT2D eigenvalue weighted by atomic mass is 32.2. The van der Waals surface area contributed by atoms with Crippen LogP contribution in [-0.2, 0) is 16.6 Å². The van der Waals surface area contributed by atoms with E-state index in [2.05, 4.69) is 9.71 Å². The van der Waals surface area contributed by atoms with E-state index in [-0.39, 0.29) is 23.6 Å². The summed E-state index contributed by atoms with van der Waals surface area (Å²) >= 11 is 0. The molecule has 1 aromatic heterocycles. The summed E-state index contributed by atoms with van der Waals surface area (Å²) in [6.45, 7) is 2.64. The van der Waals surface area contributed by atoms with Crippen LogP contribution < -0.4 is 4.72 Å². The Morgan fingerprint density at radius 2 is 2.21 bits per heavy atom. The summed E-state index contributed by atoms with van der Waals surface area (Å²) in [7, 11) is -3.59. The SMILES string of the molecule is CCn1cnc(S(=O)(=O)NC2CCCCC2CO)c1. The summed E-state index contributed by atoms with van der Waals surface area (Å²) in [6.07, 6.45) is 6.73. The van der Waals surface area contributed by atoms with Gasteiger partial charge in [0.25, 0.3) is 10.0 Å². The maximum absolute atomic E-state index is 12.2. The summed E-state index contributed by atoms with van der Waals surface area (Å²) in [4.78, 5) is 3.93. The monoisotopic (exact) mass is 287 g/mol. The van der Waals surface area contributed by atoms with E-state index in [9.17, 15) is 13.5 Å². The van der Waals surface area contributed by atoms with Crippen LogP contribution in [-0.4, -0.2) is 35.7 Å². The zero-order valence-corrected chi connectivity index (χ0v) is 11.9. The van der Waals surface area contributed by atoms with Crippen molar-refractivity contribution in [1.29, 1.82) is 0 Å². The van der Waals surface area contributed by atoms with Gasteiger partial charge in [0.15, 0.2) is 5.03 Å². The molecule has 2 atom stereocenters. The molecule has 0 saturated heterocycles. The predicted octanol–water partition coefficient (Wildman–Crippen LogP) is 0.732. The van der Waals surface area contributed by atoms with Crippen molar-refractivity contribution >= 4 is 10.0 Å². The molecule has 2 N–H and O–H groups in total. The summed E-state index contributed by atoms with van der Waals surface area (Å²) < 4.78 is 28.9. The summed E-state index contributed by atoms with van der Waals surface area (Å²) in [6, 6.07) is -0.185. The molecule has 0 amide bonds. The van der Waals surface area contributed by atoms with Crippen molar-refractivity contribution in [3.8, 4) is 0 Å². The first kappa shape index (κ1) is 14.5. The lowest BCUT2D eigenvalue weighted by Gasteiger charge is -2.30. The molecule has 19 heavy (non-hydrogen) atoms. The Labute approximate surface area is 113 Å². The van der Waals surface area contributed by atoms with Crippen LogP contribution in [0.4, 0.5) is 0 Å². The quantitative estimate of drug-likeness (QED) is 0.836. The van der Waals surface area contributed by atoms with Gasteiger partial charge in [0, 0.05) is 25.4 Å². The lowest BCUT2D eigenvalue weighted by molar-refractivity contribution is 0.164. The van der Waals surface area contributed by atoms with Gasteiger partial charge >= 0.3 is 0 Å². The standard InChI is InChI=1S/C12H21N3O3S/c1-2-15-7-12(13-9-15)19(17,18)14-11-6-4-3-5-10(11)8-16/h7,9-11,14,16H,2-6,8H2,1H3. The molecule has 0 aliphatic heterocycles. The van der Waals surface area contributed by atoms with Crippen LogP contribution >= 0.6 is 0 Å². The van der Waals surface area contributed by atoms with Gasteiger partial charge < -0.3 is 9.67 Å². The van der Waals surface area contributed by atoms with Crippen LogP contribution in [0, 0.1) is 5.92 Å². The molecule has 1 saturated carbocycles. The third-order valence-electron chi connectivity index (χ3n) is 3.70. The average molecular weight is 287 g/mol. The van der Waals surface area contributed by atoms with Crippen molar-refractivity contribution < 1.29 is 13.5 Å². The molecule has 2 rings (SSSR count). The molecule has 1 heterocycles. The predicted molar refractivity (Wildman–Crippen MR) is 71.1 cm³/mol. The van der Waals surface area contributed by atoms with Crippen molar-refractivity contribution in [3.05, 3.63) is 12.5 Å². The van der Waals surface area contributed by atoms with E-state index >= 15 is 0 Å². The lowest BCUT2D eigenvalue weighted by atomic mass is 9.86. The number of rotatable bonds is 5. The van der Waals surface area contributed by atoms with Gasteiger partial charge in [-0.1, -0.05) is 12.8 Å². The number of imidazole rings is 1. The van der Waals surface area contributed by atoms with E-state index < -0.39 is 10.0 Å². The maximum atomic E-state index is 12.2. The van der Waals surface area contributed by atoms with Crippen molar-refractivity contribution in [2.45, 2.75) is 50.2 Å². The molecule has 1 aliphatic rings. The van der Waals surface area contributed by atoms with Gasteiger partial charge in [0.1, 0.15) is 0 Å². The minimum absolute atomic E-state index is 0.0109. The number of aliphatic hydroxyl groups excluding tert-OH is 1. The highest BCUT2D eigenvalue weighted by molar-refractivity contribution is 7.89. The van der Waals surface area contributed by atoms with E-state index in [4.69, 9.17) is 0 Å². The van der Waals surface area contributed by atoms with Gasteiger partial charge in [-0.2, -0.15) is 0 Å². The number of nitrogens with one attached hydrogen (secondary N) is 1. The fourth-order valence-electron chi connectivity index (χ4n) is 2.49. The molecule has 0 bridgehead atoms. The number of aliphatic hydroxyl groups is 1. The Kier molecular flexibility index (Phi) is 4.59. The number of hydrogen-bond acceptors (Lipinski definition) is 4. The van der Waals surface area contributed by atoms with Crippen LogP contribution in [0.25, 0.3) is 0 Å². The van der Waals surface area contributed by atoms with E-state index in [1.807, 2.05) is 6.92 Å². The molecule has 0 radical (unpaired) electrons. The van der Waals surface area contributed by atoms with E-state index in [1.165, 1.54) is 12.5 Å². The van der Waals surface area contributed by atoms with E-state index in [0.29, 0.717) is 6.54 Å². The summed E-state index contributed by atoms with van der Waals surface area (Å²) in [5.74, 6) is 0.0109. The molecular formula is C12H21N3O3S. The zero-order valence-electron chi connectivity index (χ0n) is 11.1. The first-order valence-electron chi connectivity index (χ1n) is 6.71.